The maximum Gasteiger partial charge on any atom is 0.131 e. The van der Waals surface area contributed by atoms with Crippen molar-refractivity contribution in [2.75, 3.05) is 0 Å². The SMILES string of the molecule is Cc1ccc(OCc2c(Cl)c(C)nn2C)c(CC(C)N)c1. The van der Waals surface area contributed by atoms with Gasteiger partial charge in [-0.1, -0.05) is 29.3 Å². The summed E-state index contributed by atoms with van der Waals surface area (Å²) >= 11 is 6.25. The Hall–Kier alpha value is -1.52. The van der Waals surface area contributed by atoms with Crippen LogP contribution in [0.25, 0.3) is 0 Å². The third-order valence-electron chi connectivity index (χ3n) is 3.38. The van der Waals surface area contributed by atoms with E-state index in [1.165, 1.54) is 5.56 Å². The van der Waals surface area contributed by atoms with E-state index in [1.54, 1.807) is 4.68 Å². The van der Waals surface area contributed by atoms with Crippen LogP contribution in [-0.2, 0) is 20.1 Å². The maximum atomic E-state index is 6.25. The van der Waals surface area contributed by atoms with Gasteiger partial charge in [0.1, 0.15) is 12.4 Å². The highest BCUT2D eigenvalue weighted by atomic mass is 35.5. The van der Waals surface area contributed by atoms with Crippen molar-refractivity contribution in [3.8, 4) is 5.75 Å². The minimum Gasteiger partial charge on any atom is -0.487 e. The summed E-state index contributed by atoms with van der Waals surface area (Å²) in [4.78, 5) is 0. The molecule has 0 saturated carbocycles. The van der Waals surface area contributed by atoms with Crippen molar-refractivity contribution in [3.05, 3.63) is 45.7 Å². The zero-order valence-corrected chi connectivity index (χ0v) is 13.7. The second-order valence-electron chi connectivity index (χ2n) is 5.55. The van der Waals surface area contributed by atoms with Crippen molar-refractivity contribution in [2.24, 2.45) is 12.8 Å². The third-order valence-corrected chi connectivity index (χ3v) is 3.88. The van der Waals surface area contributed by atoms with Crippen LogP contribution in [0.5, 0.6) is 5.75 Å². The van der Waals surface area contributed by atoms with Gasteiger partial charge in [-0.15, -0.1) is 0 Å². The fraction of sp³-hybridized carbons (Fsp3) is 0.438. The topological polar surface area (TPSA) is 53.1 Å². The summed E-state index contributed by atoms with van der Waals surface area (Å²) in [6.45, 7) is 6.34. The molecule has 0 saturated heterocycles. The Kier molecular flexibility index (Phi) is 4.91. The molecule has 2 aromatic rings. The Balaban J connectivity index is 2.19. The molecule has 21 heavy (non-hydrogen) atoms. The molecule has 0 aliphatic rings. The molecule has 1 aromatic heterocycles. The predicted octanol–water partition coefficient (Wildman–Crippen LogP) is 3.16. The molecule has 0 radical (unpaired) electrons. The number of aryl methyl sites for hydroxylation is 3. The lowest BCUT2D eigenvalue weighted by molar-refractivity contribution is 0.291. The van der Waals surface area contributed by atoms with Gasteiger partial charge in [-0.2, -0.15) is 5.10 Å². The summed E-state index contributed by atoms with van der Waals surface area (Å²) in [5, 5.41) is 4.96. The van der Waals surface area contributed by atoms with Crippen LogP contribution in [0.15, 0.2) is 18.2 Å². The lowest BCUT2D eigenvalue weighted by Crippen LogP contribution is -2.18. The van der Waals surface area contributed by atoms with E-state index < -0.39 is 0 Å². The number of rotatable bonds is 5. The highest BCUT2D eigenvalue weighted by Crippen LogP contribution is 2.25. The van der Waals surface area contributed by atoms with E-state index in [1.807, 2.05) is 33.0 Å². The zero-order valence-electron chi connectivity index (χ0n) is 13.0. The molecule has 1 heterocycles. The second-order valence-corrected chi connectivity index (χ2v) is 5.93. The summed E-state index contributed by atoms with van der Waals surface area (Å²) in [6.07, 6.45) is 0.787. The molecule has 0 aliphatic carbocycles. The van der Waals surface area contributed by atoms with Gasteiger partial charge in [-0.25, -0.2) is 0 Å². The van der Waals surface area contributed by atoms with Crippen molar-refractivity contribution >= 4 is 11.6 Å². The molecule has 0 aliphatic heterocycles. The van der Waals surface area contributed by atoms with Gasteiger partial charge >= 0.3 is 0 Å². The number of hydrogen-bond donors (Lipinski definition) is 1. The Morgan fingerprint density at radius 3 is 2.67 bits per heavy atom. The first-order chi connectivity index (χ1) is 9.88. The van der Waals surface area contributed by atoms with Crippen LogP contribution in [0.4, 0.5) is 0 Å². The summed E-state index contributed by atoms with van der Waals surface area (Å²) in [7, 11) is 1.87. The average Bonchev–Trinajstić information content (AvgIpc) is 2.62. The average molecular weight is 308 g/mol. The fourth-order valence-corrected chi connectivity index (χ4v) is 2.55. The molecule has 1 unspecified atom stereocenters. The first-order valence-electron chi connectivity index (χ1n) is 7.04. The standard InChI is InChI=1S/C16H22ClN3O/c1-10-5-6-15(13(7-10)8-11(2)18)21-9-14-16(17)12(3)19-20(14)4/h5-7,11H,8-9,18H2,1-4H3. The van der Waals surface area contributed by atoms with E-state index in [0.717, 1.165) is 29.1 Å². The van der Waals surface area contributed by atoms with Crippen LogP contribution in [0.3, 0.4) is 0 Å². The monoisotopic (exact) mass is 307 g/mol. The lowest BCUT2D eigenvalue weighted by Gasteiger charge is -2.14. The van der Waals surface area contributed by atoms with Crippen LogP contribution in [-0.4, -0.2) is 15.8 Å². The van der Waals surface area contributed by atoms with Crippen LogP contribution in [0.1, 0.15) is 29.4 Å². The van der Waals surface area contributed by atoms with E-state index in [2.05, 4.69) is 18.1 Å². The van der Waals surface area contributed by atoms with Crippen LogP contribution in [0, 0.1) is 13.8 Å². The minimum atomic E-state index is 0.0942. The van der Waals surface area contributed by atoms with Crippen molar-refractivity contribution < 1.29 is 4.74 Å². The number of nitrogens with zero attached hydrogens (tertiary/aromatic N) is 2. The summed E-state index contributed by atoms with van der Waals surface area (Å²) in [5.74, 6) is 0.854. The zero-order chi connectivity index (χ0) is 15.6. The predicted molar refractivity (Wildman–Crippen MR) is 85.8 cm³/mol. The van der Waals surface area contributed by atoms with Crippen LogP contribution in [0.2, 0.25) is 5.02 Å². The van der Waals surface area contributed by atoms with Gasteiger partial charge in [0.15, 0.2) is 0 Å². The molecule has 114 valence electrons. The first-order valence-corrected chi connectivity index (χ1v) is 7.42. The molecule has 4 nitrogen and oxygen atoms in total. The Morgan fingerprint density at radius 2 is 2.10 bits per heavy atom. The van der Waals surface area contributed by atoms with Gasteiger partial charge < -0.3 is 10.5 Å². The van der Waals surface area contributed by atoms with Crippen molar-refractivity contribution in [3.63, 3.8) is 0 Å². The quantitative estimate of drug-likeness (QED) is 0.923. The minimum absolute atomic E-state index is 0.0942. The van der Waals surface area contributed by atoms with E-state index >= 15 is 0 Å². The highest BCUT2D eigenvalue weighted by Gasteiger charge is 2.13. The number of ether oxygens (including phenoxy) is 1. The van der Waals surface area contributed by atoms with E-state index in [4.69, 9.17) is 22.1 Å². The number of hydrogen-bond acceptors (Lipinski definition) is 3. The van der Waals surface area contributed by atoms with Crippen molar-refractivity contribution in [2.45, 2.75) is 39.8 Å². The van der Waals surface area contributed by atoms with Gasteiger partial charge in [0, 0.05) is 13.1 Å². The Bertz CT molecular complexity index is 635. The summed E-state index contributed by atoms with van der Waals surface area (Å²) < 4.78 is 7.71. The number of aromatic nitrogens is 2. The molecule has 2 rings (SSSR count). The van der Waals surface area contributed by atoms with Gasteiger partial charge in [0.25, 0.3) is 0 Å². The molecule has 0 spiro atoms. The molecule has 0 bridgehead atoms. The third kappa shape index (κ3) is 3.77. The molecule has 0 fully saturated rings. The molecule has 1 atom stereocenters. The normalized spacial score (nSPS) is 12.5. The Morgan fingerprint density at radius 1 is 1.38 bits per heavy atom. The molecule has 0 amide bonds. The second kappa shape index (κ2) is 6.50. The summed E-state index contributed by atoms with van der Waals surface area (Å²) in [6, 6.07) is 6.24. The Labute approximate surface area is 130 Å². The van der Waals surface area contributed by atoms with Crippen LogP contribution < -0.4 is 10.5 Å². The molecule has 1 aromatic carbocycles. The smallest absolute Gasteiger partial charge is 0.131 e. The van der Waals surface area contributed by atoms with E-state index in [0.29, 0.717) is 11.6 Å². The largest absolute Gasteiger partial charge is 0.487 e. The van der Waals surface area contributed by atoms with Crippen molar-refractivity contribution in [1.82, 2.24) is 9.78 Å². The fourth-order valence-electron chi connectivity index (χ4n) is 2.34. The van der Waals surface area contributed by atoms with E-state index in [-0.39, 0.29) is 6.04 Å². The maximum absolute atomic E-state index is 6.25. The van der Waals surface area contributed by atoms with Gasteiger partial charge in [0.2, 0.25) is 0 Å². The number of halogens is 1. The molecular formula is C16H22ClN3O. The number of nitrogens with two attached hydrogens (primary N) is 1. The number of benzene rings is 1. The van der Waals surface area contributed by atoms with E-state index in [9.17, 15) is 0 Å². The van der Waals surface area contributed by atoms with Gasteiger partial charge in [-0.05, 0) is 38.8 Å². The van der Waals surface area contributed by atoms with Gasteiger partial charge in [-0.3, -0.25) is 4.68 Å². The first kappa shape index (κ1) is 15.9. The molecule has 5 heteroatoms. The molecular weight excluding hydrogens is 286 g/mol. The van der Waals surface area contributed by atoms with Gasteiger partial charge in [0.05, 0.1) is 16.4 Å². The molecule has 2 N–H and O–H groups in total. The van der Waals surface area contributed by atoms with Crippen molar-refractivity contribution in [1.29, 1.82) is 0 Å². The van der Waals surface area contributed by atoms with Crippen LogP contribution >= 0.6 is 11.6 Å². The lowest BCUT2D eigenvalue weighted by atomic mass is 10.0. The summed E-state index contributed by atoms with van der Waals surface area (Å²) in [5.41, 5.74) is 9.93. The highest BCUT2D eigenvalue weighted by molar-refractivity contribution is 6.31.